The second kappa shape index (κ2) is 6.10. The molecule has 92 valence electrons. The van der Waals surface area contributed by atoms with Crippen LogP contribution >= 0.6 is 0 Å². The normalized spacial score (nSPS) is 18.1. The fourth-order valence-electron chi connectivity index (χ4n) is 2.30. The zero-order valence-electron chi connectivity index (χ0n) is 9.93. The lowest BCUT2D eigenvalue weighted by Crippen LogP contribution is -2.20. The van der Waals surface area contributed by atoms with Crippen LogP contribution in [-0.4, -0.2) is 21.0 Å². The fourth-order valence-corrected chi connectivity index (χ4v) is 3.82. The Balaban J connectivity index is 1.83. The molecule has 17 heavy (non-hydrogen) atoms. The molecule has 1 fully saturated rings. The molecule has 1 aliphatic carbocycles. The van der Waals surface area contributed by atoms with Gasteiger partial charge in [-0.25, -0.2) is 0 Å². The molecule has 0 radical (unpaired) electrons. The highest BCUT2D eigenvalue weighted by molar-refractivity contribution is 7.86. The van der Waals surface area contributed by atoms with Gasteiger partial charge in [0.1, 0.15) is 5.78 Å². The molecule has 0 N–H and O–H groups in total. The number of Topliss-reactive ketones (excluding diaryl/α,β-unsaturated/α-hetero) is 1. The Kier molecular flexibility index (Phi) is 4.49. The number of hydrogen-bond donors (Lipinski definition) is 0. The summed E-state index contributed by atoms with van der Waals surface area (Å²) in [6, 6.07) is 9.67. The van der Waals surface area contributed by atoms with Crippen LogP contribution in [0.25, 0.3) is 0 Å². The summed E-state index contributed by atoms with van der Waals surface area (Å²) in [5.74, 6) is 0.334. The Hall–Kier alpha value is -0.960. The predicted molar refractivity (Wildman–Crippen MR) is 70.4 cm³/mol. The number of carbonyl (C=O) groups is 1. The van der Waals surface area contributed by atoms with Crippen molar-refractivity contribution in [3.05, 3.63) is 35.9 Å². The highest BCUT2D eigenvalue weighted by Crippen LogP contribution is 2.23. The first-order chi connectivity index (χ1) is 8.25. The van der Waals surface area contributed by atoms with E-state index in [9.17, 15) is 9.00 Å². The summed E-state index contributed by atoms with van der Waals surface area (Å²) >= 11 is 0. The van der Waals surface area contributed by atoms with Crippen molar-refractivity contribution in [2.45, 2.75) is 37.4 Å². The van der Waals surface area contributed by atoms with Crippen LogP contribution in [0.1, 0.15) is 31.2 Å². The Morgan fingerprint density at radius 3 is 2.47 bits per heavy atom. The number of carbonyl (C=O) groups excluding carboxylic acids is 1. The first kappa shape index (κ1) is 12.5. The minimum absolute atomic E-state index is 0.0985. The Bertz CT molecular complexity index is 394. The van der Waals surface area contributed by atoms with Crippen LogP contribution in [0.5, 0.6) is 0 Å². The molecule has 1 aromatic rings. The molecule has 0 aliphatic heterocycles. The van der Waals surface area contributed by atoms with E-state index in [4.69, 9.17) is 0 Å². The molecule has 2 rings (SSSR count). The van der Waals surface area contributed by atoms with Gasteiger partial charge in [0.2, 0.25) is 0 Å². The van der Waals surface area contributed by atoms with Crippen molar-refractivity contribution in [3.63, 3.8) is 0 Å². The van der Waals surface area contributed by atoms with Gasteiger partial charge in [0.05, 0.1) is 5.75 Å². The maximum Gasteiger partial charge on any atom is 0.149 e. The van der Waals surface area contributed by atoms with Crippen molar-refractivity contribution in [3.8, 4) is 0 Å². The largest absolute Gasteiger partial charge is 0.298 e. The van der Waals surface area contributed by atoms with Crippen molar-refractivity contribution >= 4 is 16.6 Å². The molecule has 0 amide bonds. The van der Waals surface area contributed by atoms with Crippen molar-refractivity contribution in [1.82, 2.24) is 0 Å². The van der Waals surface area contributed by atoms with E-state index in [2.05, 4.69) is 0 Å². The number of rotatable bonds is 5. The summed E-state index contributed by atoms with van der Waals surface area (Å²) in [5.41, 5.74) is 1.01. The fraction of sp³-hybridized carbons (Fsp3) is 0.500. The summed E-state index contributed by atoms with van der Waals surface area (Å²) < 4.78 is 11.9. The van der Waals surface area contributed by atoms with E-state index in [-0.39, 0.29) is 16.8 Å². The molecule has 2 nitrogen and oxygen atoms in total. The van der Waals surface area contributed by atoms with Crippen LogP contribution in [0.15, 0.2) is 30.3 Å². The van der Waals surface area contributed by atoms with E-state index >= 15 is 0 Å². The maximum atomic E-state index is 11.9. The first-order valence-electron chi connectivity index (χ1n) is 6.18. The van der Waals surface area contributed by atoms with Crippen LogP contribution in [0.3, 0.4) is 0 Å². The molecule has 0 bridgehead atoms. The summed E-state index contributed by atoms with van der Waals surface area (Å²) in [7, 11) is -0.949. The summed E-state index contributed by atoms with van der Waals surface area (Å²) in [4.78, 5) is 11.8. The van der Waals surface area contributed by atoms with Gasteiger partial charge in [-0.3, -0.25) is 9.00 Å². The predicted octanol–water partition coefficient (Wildman–Crippen LogP) is 2.49. The van der Waals surface area contributed by atoms with Gasteiger partial charge in [0.15, 0.2) is 0 Å². The van der Waals surface area contributed by atoms with Crippen LogP contribution in [-0.2, 0) is 22.0 Å². The third-order valence-corrected chi connectivity index (χ3v) is 5.04. The molecule has 1 saturated carbocycles. The lowest BCUT2D eigenvalue weighted by Gasteiger charge is -2.08. The number of ketones is 1. The molecule has 0 spiro atoms. The van der Waals surface area contributed by atoms with Gasteiger partial charge in [0, 0.05) is 22.5 Å². The van der Waals surface area contributed by atoms with E-state index in [1.807, 2.05) is 30.3 Å². The molecule has 1 unspecified atom stereocenters. The first-order valence-corrected chi connectivity index (χ1v) is 7.57. The zero-order valence-corrected chi connectivity index (χ0v) is 10.7. The Morgan fingerprint density at radius 2 is 1.82 bits per heavy atom. The van der Waals surface area contributed by atoms with E-state index in [0.717, 1.165) is 18.4 Å². The van der Waals surface area contributed by atoms with Gasteiger partial charge in [-0.2, -0.15) is 0 Å². The quantitative estimate of drug-likeness (QED) is 0.804. The average molecular weight is 250 g/mol. The van der Waals surface area contributed by atoms with E-state index < -0.39 is 10.8 Å². The standard InChI is InChI=1S/C14H18O2S/c15-13(10-12-6-2-1-3-7-12)11-17(16)14-8-4-5-9-14/h1-3,6-7,14H,4-5,8-11H2. The lowest BCUT2D eigenvalue weighted by atomic mass is 10.1. The summed E-state index contributed by atoms with van der Waals surface area (Å²) in [6.45, 7) is 0. The van der Waals surface area contributed by atoms with Crippen LogP contribution in [0.2, 0.25) is 0 Å². The van der Waals surface area contributed by atoms with Crippen LogP contribution in [0, 0.1) is 0 Å². The zero-order chi connectivity index (χ0) is 12.1. The smallest absolute Gasteiger partial charge is 0.149 e. The van der Waals surface area contributed by atoms with Gasteiger partial charge < -0.3 is 0 Å². The summed E-state index contributed by atoms with van der Waals surface area (Å²) in [5, 5.41) is 0.273. The van der Waals surface area contributed by atoms with Crippen LogP contribution < -0.4 is 0 Å². The molecule has 1 atom stereocenters. The number of benzene rings is 1. The molecular formula is C14H18O2S. The molecule has 0 aromatic heterocycles. The van der Waals surface area contributed by atoms with Crippen molar-refractivity contribution in [2.75, 3.05) is 5.75 Å². The summed E-state index contributed by atoms with van der Waals surface area (Å²) in [6.07, 6.45) is 4.82. The molecule has 0 saturated heterocycles. The van der Waals surface area contributed by atoms with Crippen molar-refractivity contribution in [2.24, 2.45) is 0 Å². The topological polar surface area (TPSA) is 34.1 Å². The third-order valence-electron chi connectivity index (χ3n) is 3.22. The monoisotopic (exact) mass is 250 g/mol. The Morgan fingerprint density at radius 1 is 1.18 bits per heavy atom. The highest BCUT2D eigenvalue weighted by Gasteiger charge is 2.22. The maximum absolute atomic E-state index is 11.9. The van der Waals surface area contributed by atoms with Crippen molar-refractivity contribution < 1.29 is 9.00 Å². The third kappa shape index (κ3) is 3.77. The van der Waals surface area contributed by atoms with E-state index in [0.29, 0.717) is 6.42 Å². The van der Waals surface area contributed by atoms with Gasteiger partial charge in [-0.15, -0.1) is 0 Å². The minimum atomic E-state index is -0.949. The molecule has 3 heteroatoms. The average Bonchev–Trinajstić information content (AvgIpc) is 2.83. The second-order valence-corrected chi connectivity index (χ2v) is 6.35. The van der Waals surface area contributed by atoms with Crippen LogP contribution in [0.4, 0.5) is 0 Å². The van der Waals surface area contributed by atoms with Gasteiger partial charge in [-0.1, -0.05) is 43.2 Å². The number of hydrogen-bond acceptors (Lipinski definition) is 2. The van der Waals surface area contributed by atoms with E-state index in [1.54, 1.807) is 0 Å². The van der Waals surface area contributed by atoms with E-state index in [1.165, 1.54) is 12.8 Å². The van der Waals surface area contributed by atoms with Crippen molar-refractivity contribution in [1.29, 1.82) is 0 Å². The minimum Gasteiger partial charge on any atom is -0.298 e. The SMILES string of the molecule is O=C(Cc1ccccc1)CS(=O)C1CCCC1. The highest BCUT2D eigenvalue weighted by atomic mass is 32.2. The van der Waals surface area contributed by atoms with Gasteiger partial charge >= 0.3 is 0 Å². The van der Waals surface area contributed by atoms with Gasteiger partial charge in [0.25, 0.3) is 0 Å². The lowest BCUT2D eigenvalue weighted by molar-refractivity contribution is -0.116. The molecule has 0 heterocycles. The second-order valence-electron chi connectivity index (χ2n) is 4.63. The molecule has 1 aromatic carbocycles. The Labute approximate surface area is 105 Å². The molecular weight excluding hydrogens is 232 g/mol. The molecule has 1 aliphatic rings. The van der Waals surface area contributed by atoms with Gasteiger partial charge in [-0.05, 0) is 18.4 Å².